The average molecular weight is 453 g/mol. The number of aliphatic hydroxyl groups excluding tert-OH is 1. The average Bonchev–Trinajstić information content (AvgIpc) is 2.92. The molecule has 0 aromatic heterocycles. The fourth-order valence-electron chi connectivity index (χ4n) is 3.68. The molecular weight excluding hydrogens is 420 g/mol. The van der Waals surface area contributed by atoms with Crippen LogP contribution in [0.3, 0.4) is 0 Å². The number of allylic oxidation sites excluding steroid dienone is 7. The van der Waals surface area contributed by atoms with Crippen molar-refractivity contribution in [2.24, 2.45) is 5.41 Å². The zero-order valence-corrected chi connectivity index (χ0v) is 19.9. The number of phenols is 2. The molecule has 1 fully saturated rings. The van der Waals surface area contributed by atoms with Gasteiger partial charge in [-0.3, -0.25) is 14.4 Å². The maximum atomic E-state index is 13.5. The van der Waals surface area contributed by atoms with Gasteiger partial charge in [0, 0.05) is 5.56 Å². The SMILES string of the molecule is CC(C)=CCC/C(C)=C/C[C@]1(CC=C(C)C)C(=O)C(=O)C(=C(O)c2ccc(O)c(O)c2)C1=O. The van der Waals surface area contributed by atoms with Crippen molar-refractivity contribution in [3.05, 3.63) is 64.3 Å². The predicted molar refractivity (Wildman–Crippen MR) is 128 cm³/mol. The van der Waals surface area contributed by atoms with E-state index in [2.05, 4.69) is 6.08 Å². The number of aliphatic hydroxyl groups is 1. The molecule has 0 amide bonds. The number of hydrogen-bond acceptors (Lipinski definition) is 6. The van der Waals surface area contributed by atoms with E-state index in [0.29, 0.717) is 0 Å². The van der Waals surface area contributed by atoms with E-state index in [4.69, 9.17) is 0 Å². The molecule has 0 aliphatic heterocycles. The van der Waals surface area contributed by atoms with Gasteiger partial charge in [0.15, 0.2) is 17.3 Å². The van der Waals surface area contributed by atoms with Crippen LogP contribution in [0, 0.1) is 5.41 Å². The zero-order valence-electron chi connectivity index (χ0n) is 19.9. The summed E-state index contributed by atoms with van der Waals surface area (Å²) in [7, 11) is 0. The molecule has 33 heavy (non-hydrogen) atoms. The number of benzene rings is 1. The minimum atomic E-state index is -1.62. The molecule has 1 saturated carbocycles. The van der Waals surface area contributed by atoms with Crippen LogP contribution in [0.15, 0.2) is 58.7 Å². The van der Waals surface area contributed by atoms with Crippen LogP contribution in [-0.4, -0.2) is 32.7 Å². The highest BCUT2D eigenvalue weighted by Crippen LogP contribution is 2.43. The first kappa shape index (κ1) is 25.8. The number of hydrogen-bond donors (Lipinski definition) is 3. The van der Waals surface area contributed by atoms with Gasteiger partial charge in [0.25, 0.3) is 0 Å². The lowest BCUT2D eigenvalue weighted by molar-refractivity contribution is -0.140. The summed E-state index contributed by atoms with van der Waals surface area (Å²) in [6.07, 6.45) is 7.39. The van der Waals surface area contributed by atoms with E-state index in [1.807, 2.05) is 40.7 Å². The summed E-state index contributed by atoms with van der Waals surface area (Å²) in [5.74, 6) is -4.23. The minimum absolute atomic E-state index is 0.0405. The highest BCUT2D eigenvalue weighted by molar-refractivity contribution is 6.62. The van der Waals surface area contributed by atoms with E-state index < -0.39 is 45.6 Å². The highest BCUT2D eigenvalue weighted by Gasteiger charge is 2.57. The number of carbonyl (C=O) groups excluding carboxylic acids is 3. The number of carbonyl (C=O) groups is 3. The topological polar surface area (TPSA) is 112 Å². The molecule has 0 radical (unpaired) electrons. The maximum absolute atomic E-state index is 13.5. The van der Waals surface area contributed by atoms with Crippen molar-refractivity contribution in [3.63, 3.8) is 0 Å². The number of aromatic hydroxyl groups is 2. The van der Waals surface area contributed by atoms with Gasteiger partial charge >= 0.3 is 0 Å². The molecule has 1 aliphatic rings. The minimum Gasteiger partial charge on any atom is -0.506 e. The third-order valence-corrected chi connectivity index (χ3v) is 5.76. The Labute approximate surface area is 194 Å². The van der Waals surface area contributed by atoms with E-state index in [9.17, 15) is 29.7 Å². The van der Waals surface area contributed by atoms with Crippen LogP contribution in [0.1, 0.15) is 65.9 Å². The largest absolute Gasteiger partial charge is 0.506 e. The first-order chi connectivity index (χ1) is 15.4. The van der Waals surface area contributed by atoms with Gasteiger partial charge in [0.05, 0.1) is 0 Å². The van der Waals surface area contributed by atoms with E-state index in [1.165, 1.54) is 11.6 Å². The van der Waals surface area contributed by atoms with E-state index >= 15 is 0 Å². The lowest BCUT2D eigenvalue weighted by Gasteiger charge is -2.22. The number of ketones is 3. The maximum Gasteiger partial charge on any atom is 0.237 e. The highest BCUT2D eigenvalue weighted by atomic mass is 16.3. The second-order valence-corrected chi connectivity index (χ2v) is 9.06. The van der Waals surface area contributed by atoms with Crippen LogP contribution in [-0.2, 0) is 14.4 Å². The predicted octanol–water partition coefficient (Wildman–Crippen LogP) is 5.51. The summed E-state index contributed by atoms with van der Waals surface area (Å²) in [6.45, 7) is 9.64. The quantitative estimate of drug-likeness (QED) is 0.0911. The molecule has 0 saturated heterocycles. The molecule has 1 aromatic rings. The van der Waals surface area contributed by atoms with Crippen molar-refractivity contribution >= 4 is 23.1 Å². The first-order valence-electron chi connectivity index (χ1n) is 10.9. The summed E-state index contributed by atoms with van der Waals surface area (Å²) in [5, 5.41) is 29.9. The van der Waals surface area contributed by atoms with Crippen LogP contribution < -0.4 is 0 Å². The second kappa shape index (κ2) is 10.5. The summed E-state index contributed by atoms with van der Waals surface area (Å²) in [4.78, 5) is 39.5. The monoisotopic (exact) mass is 452 g/mol. The van der Waals surface area contributed by atoms with Gasteiger partial charge in [-0.2, -0.15) is 0 Å². The smallest absolute Gasteiger partial charge is 0.237 e. The molecule has 6 nitrogen and oxygen atoms in total. The Morgan fingerprint density at radius 3 is 2.03 bits per heavy atom. The van der Waals surface area contributed by atoms with Crippen LogP contribution in [0.5, 0.6) is 11.5 Å². The van der Waals surface area contributed by atoms with Crippen molar-refractivity contribution in [2.45, 2.75) is 60.3 Å². The number of Topliss-reactive ketones (excluding diaryl/α,β-unsaturated/α-hetero) is 3. The second-order valence-electron chi connectivity index (χ2n) is 9.06. The molecule has 0 unspecified atom stereocenters. The lowest BCUT2D eigenvalue weighted by atomic mass is 9.76. The molecule has 0 heterocycles. The first-order valence-corrected chi connectivity index (χ1v) is 10.9. The lowest BCUT2D eigenvalue weighted by Crippen LogP contribution is -2.33. The van der Waals surface area contributed by atoms with Crippen molar-refractivity contribution in [3.8, 4) is 11.5 Å². The van der Waals surface area contributed by atoms with E-state index in [1.54, 1.807) is 6.08 Å². The fourth-order valence-corrected chi connectivity index (χ4v) is 3.68. The molecule has 0 bridgehead atoms. The van der Waals surface area contributed by atoms with Crippen molar-refractivity contribution in [2.75, 3.05) is 0 Å². The third kappa shape index (κ3) is 5.69. The molecule has 1 aliphatic carbocycles. The van der Waals surface area contributed by atoms with E-state index in [-0.39, 0.29) is 18.4 Å². The Hall–Kier alpha value is -3.41. The number of rotatable bonds is 8. The van der Waals surface area contributed by atoms with Crippen LogP contribution >= 0.6 is 0 Å². The van der Waals surface area contributed by atoms with Gasteiger partial charge in [0.1, 0.15) is 16.7 Å². The van der Waals surface area contributed by atoms with Gasteiger partial charge in [-0.05, 0) is 78.5 Å². The molecule has 176 valence electrons. The van der Waals surface area contributed by atoms with Crippen LogP contribution in [0.2, 0.25) is 0 Å². The fraction of sp³-hybridized carbons (Fsp3) is 0.370. The van der Waals surface area contributed by atoms with Gasteiger partial charge in [-0.1, -0.05) is 34.9 Å². The standard InChI is InChI=1S/C27H32O6/c1-16(2)7-6-8-18(5)12-14-27(13-11-17(3)4)25(32)22(24(31)26(27)33)23(30)19-9-10-20(28)21(29)15-19/h7,9-12,15,28-30H,6,8,13-14H2,1-5H3/b18-12+,23-22?/t27-/m0/s1. The Morgan fingerprint density at radius 2 is 1.45 bits per heavy atom. The van der Waals surface area contributed by atoms with Gasteiger partial charge < -0.3 is 15.3 Å². The molecule has 1 atom stereocenters. The zero-order chi connectivity index (χ0) is 24.9. The van der Waals surface area contributed by atoms with Crippen LogP contribution in [0.25, 0.3) is 5.76 Å². The summed E-state index contributed by atoms with van der Waals surface area (Å²) >= 11 is 0. The Kier molecular flexibility index (Phi) is 8.20. The third-order valence-electron chi connectivity index (χ3n) is 5.76. The Morgan fingerprint density at radius 1 is 0.848 bits per heavy atom. The van der Waals surface area contributed by atoms with Crippen molar-refractivity contribution in [1.29, 1.82) is 0 Å². The molecule has 6 heteroatoms. The van der Waals surface area contributed by atoms with Crippen molar-refractivity contribution in [1.82, 2.24) is 0 Å². The van der Waals surface area contributed by atoms with Gasteiger partial charge in [-0.15, -0.1) is 0 Å². The molecule has 1 aromatic carbocycles. The summed E-state index contributed by atoms with van der Waals surface area (Å²) < 4.78 is 0. The van der Waals surface area contributed by atoms with E-state index in [0.717, 1.165) is 36.1 Å². The molecule has 2 rings (SSSR count). The van der Waals surface area contributed by atoms with Crippen LogP contribution in [0.4, 0.5) is 0 Å². The number of phenolic OH excluding ortho intramolecular Hbond substituents is 2. The molecular formula is C27H32O6. The van der Waals surface area contributed by atoms with Gasteiger partial charge in [0.2, 0.25) is 11.6 Å². The normalized spacial score (nSPS) is 20.2. The summed E-state index contributed by atoms with van der Waals surface area (Å²) in [5.41, 5.74) is 0.872. The molecule has 3 N–H and O–H groups in total. The summed E-state index contributed by atoms with van der Waals surface area (Å²) in [6, 6.07) is 3.42. The molecule has 0 spiro atoms. The van der Waals surface area contributed by atoms with Gasteiger partial charge in [-0.25, -0.2) is 0 Å². The Bertz CT molecular complexity index is 1090. The van der Waals surface area contributed by atoms with Crippen molar-refractivity contribution < 1.29 is 29.7 Å². The Balaban J connectivity index is 2.52.